The molecule has 21 heavy (non-hydrogen) atoms. The number of carbonyl (C=O) groups excluding carboxylic acids is 1. The quantitative estimate of drug-likeness (QED) is 0.743. The lowest BCUT2D eigenvalue weighted by molar-refractivity contribution is -0.153. The van der Waals surface area contributed by atoms with E-state index in [4.69, 9.17) is 10.5 Å². The lowest BCUT2D eigenvalue weighted by Crippen LogP contribution is -2.42. The Labute approximate surface area is 126 Å². The first-order valence-corrected chi connectivity index (χ1v) is 7.92. The van der Waals surface area contributed by atoms with Crippen LogP contribution in [0, 0.1) is 11.3 Å². The number of nitrogens with zero attached hydrogens (tertiary/aromatic N) is 2. The zero-order chi connectivity index (χ0) is 15.5. The molecule has 2 N–H and O–H groups in total. The van der Waals surface area contributed by atoms with Crippen LogP contribution in [0.4, 0.5) is 0 Å². The molecular weight excluding hydrogens is 266 g/mol. The molecule has 0 bridgehead atoms. The summed E-state index contributed by atoms with van der Waals surface area (Å²) in [6.07, 6.45) is 4.74. The summed E-state index contributed by atoms with van der Waals surface area (Å²) in [6.45, 7) is 5.29. The summed E-state index contributed by atoms with van der Waals surface area (Å²) in [5.41, 5.74) is 7.56. The van der Waals surface area contributed by atoms with Crippen LogP contribution in [0.25, 0.3) is 0 Å². The lowest BCUT2D eigenvalue weighted by Gasteiger charge is -2.29. The Morgan fingerprint density at radius 1 is 1.52 bits per heavy atom. The number of esters is 1. The van der Waals surface area contributed by atoms with E-state index in [0.29, 0.717) is 18.9 Å². The topological polar surface area (TPSA) is 70.1 Å². The van der Waals surface area contributed by atoms with E-state index in [-0.39, 0.29) is 5.97 Å². The number of hydrogen-bond donors (Lipinski definition) is 1. The molecule has 1 aromatic heterocycles. The summed E-state index contributed by atoms with van der Waals surface area (Å²) >= 11 is 0. The molecule has 0 aromatic carbocycles. The highest BCUT2D eigenvalue weighted by atomic mass is 16.5. The highest BCUT2D eigenvalue weighted by Gasteiger charge is 2.43. The number of methoxy groups -OCH3 is 1. The van der Waals surface area contributed by atoms with Crippen molar-refractivity contribution in [3.8, 4) is 0 Å². The summed E-state index contributed by atoms with van der Waals surface area (Å²) in [4.78, 5) is 12.4. The average molecular weight is 293 g/mol. The normalized spacial score (nSPS) is 17.5. The molecule has 0 amide bonds. The van der Waals surface area contributed by atoms with Gasteiger partial charge in [-0.2, -0.15) is 5.10 Å². The van der Waals surface area contributed by atoms with Crippen molar-refractivity contribution >= 4 is 5.97 Å². The van der Waals surface area contributed by atoms with Crippen molar-refractivity contribution < 1.29 is 9.53 Å². The predicted molar refractivity (Wildman–Crippen MR) is 81.8 cm³/mol. The lowest BCUT2D eigenvalue weighted by atomic mass is 9.78. The summed E-state index contributed by atoms with van der Waals surface area (Å²) < 4.78 is 7.05. The van der Waals surface area contributed by atoms with Gasteiger partial charge >= 0.3 is 5.97 Å². The molecule has 1 heterocycles. The van der Waals surface area contributed by atoms with Crippen LogP contribution in [-0.4, -0.2) is 29.4 Å². The molecule has 1 aromatic rings. The van der Waals surface area contributed by atoms with Gasteiger partial charge in [-0.3, -0.25) is 9.48 Å². The second-order valence-electron chi connectivity index (χ2n) is 6.10. The van der Waals surface area contributed by atoms with Crippen LogP contribution < -0.4 is 5.73 Å². The fourth-order valence-corrected chi connectivity index (χ4v) is 3.01. The van der Waals surface area contributed by atoms with Gasteiger partial charge in [-0.25, -0.2) is 0 Å². The van der Waals surface area contributed by atoms with Gasteiger partial charge in [0.05, 0.1) is 18.2 Å². The number of aryl methyl sites for hydroxylation is 2. The van der Waals surface area contributed by atoms with Crippen LogP contribution in [0.5, 0.6) is 0 Å². The third-order valence-corrected chi connectivity index (χ3v) is 4.48. The van der Waals surface area contributed by atoms with Crippen molar-refractivity contribution in [1.29, 1.82) is 0 Å². The minimum atomic E-state index is -0.603. The van der Waals surface area contributed by atoms with Gasteiger partial charge in [0.1, 0.15) is 0 Å². The third-order valence-electron chi connectivity index (χ3n) is 4.48. The van der Waals surface area contributed by atoms with Gasteiger partial charge in [-0.1, -0.05) is 19.8 Å². The fraction of sp³-hybridized carbons (Fsp3) is 0.750. The Hall–Kier alpha value is -1.36. The van der Waals surface area contributed by atoms with Gasteiger partial charge in [-0.05, 0) is 31.7 Å². The van der Waals surface area contributed by atoms with Crippen LogP contribution in [-0.2, 0) is 28.9 Å². The van der Waals surface area contributed by atoms with Crippen molar-refractivity contribution in [3.63, 3.8) is 0 Å². The number of hydrogen-bond acceptors (Lipinski definition) is 4. The van der Waals surface area contributed by atoms with Gasteiger partial charge in [0.15, 0.2) is 0 Å². The van der Waals surface area contributed by atoms with Crippen LogP contribution in [0.3, 0.4) is 0 Å². The monoisotopic (exact) mass is 293 g/mol. The SMILES string of the molecule is CCc1cc(CC(CN)(CC2CC2)C(=O)OC)n(CC)n1. The Bertz CT molecular complexity index is 494. The third kappa shape index (κ3) is 3.46. The zero-order valence-corrected chi connectivity index (χ0v) is 13.4. The predicted octanol–water partition coefficient (Wildman–Crippen LogP) is 1.93. The maximum absolute atomic E-state index is 12.4. The molecule has 1 aliphatic carbocycles. The molecule has 1 aliphatic rings. The molecule has 5 nitrogen and oxygen atoms in total. The van der Waals surface area contributed by atoms with Crippen molar-refractivity contribution in [3.05, 3.63) is 17.5 Å². The van der Waals surface area contributed by atoms with Gasteiger partial charge in [0, 0.05) is 25.2 Å². The Morgan fingerprint density at radius 3 is 2.71 bits per heavy atom. The van der Waals surface area contributed by atoms with E-state index in [2.05, 4.69) is 25.0 Å². The molecule has 118 valence electrons. The number of carbonyl (C=O) groups is 1. The number of rotatable bonds is 8. The Morgan fingerprint density at radius 2 is 2.24 bits per heavy atom. The van der Waals surface area contributed by atoms with Crippen LogP contribution in [0.15, 0.2) is 6.07 Å². The summed E-state index contributed by atoms with van der Waals surface area (Å²) in [5.74, 6) is 0.440. The van der Waals surface area contributed by atoms with Crippen molar-refractivity contribution in [2.75, 3.05) is 13.7 Å². The molecule has 1 unspecified atom stereocenters. The minimum absolute atomic E-state index is 0.182. The van der Waals surface area contributed by atoms with Gasteiger partial charge in [-0.15, -0.1) is 0 Å². The van der Waals surface area contributed by atoms with Crippen molar-refractivity contribution in [2.45, 2.75) is 52.5 Å². The standard InChI is InChI=1S/C16H27N3O2/c1-4-13-8-14(19(5-2)18-13)10-16(11-17,15(20)21-3)9-12-6-7-12/h8,12H,4-7,9-11,17H2,1-3H3. The molecule has 0 spiro atoms. The fourth-order valence-electron chi connectivity index (χ4n) is 3.01. The van der Waals surface area contributed by atoms with Crippen LogP contribution in [0.1, 0.15) is 44.5 Å². The highest BCUT2D eigenvalue weighted by molar-refractivity contribution is 5.77. The Balaban J connectivity index is 2.28. The molecule has 1 atom stereocenters. The maximum Gasteiger partial charge on any atom is 0.313 e. The van der Waals surface area contributed by atoms with E-state index in [1.807, 2.05) is 4.68 Å². The molecule has 1 fully saturated rings. The zero-order valence-electron chi connectivity index (χ0n) is 13.4. The second-order valence-corrected chi connectivity index (χ2v) is 6.10. The summed E-state index contributed by atoms with van der Waals surface area (Å²) in [7, 11) is 1.45. The van der Waals surface area contributed by atoms with E-state index in [1.54, 1.807) is 0 Å². The highest BCUT2D eigenvalue weighted by Crippen LogP contribution is 2.42. The number of nitrogens with two attached hydrogens (primary N) is 1. The van der Waals surface area contributed by atoms with E-state index >= 15 is 0 Å². The first kappa shape index (κ1) is 16.0. The van der Waals surface area contributed by atoms with E-state index in [9.17, 15) is 4.79 Å². The van der Waals surface area contributed by atoms with Crippen LogP contribution >= 0.6 is 0 Å². The number of aromatic nitrogens is 2. The smallest absolute Gasteiger partial charge is 0.313 e. The maximum atomic E-state index is 12.4. The average Bonchev–Trinajstić information content (AvgIpc) is 3.23. The van der Waals surface area contributed by atoms with Crippen LogP contribution in [0.2, 0.25) is 0 Å². The minimum Gasteiger partial charge on any atom is -0.469 e. The largest absolute Gasteiger partial charge is 0.469 e. The molecular formula is C16H27N3O2. The summed E-state index contributed by atoms with van der Waals surface area (Å²) in [5, 5.41) is 4.57. The van der Waals surface area contributed by atoms with Crippen molar-refractivity contribution in [1.82, 2.24) is 9.78 Å². The van der Waals surface area contributed by atoms with Gasteiger partial charge < -0.3 is 10.5 Å². The summed E-state index contributed by atoms with van der Waals surface area (Å²) in [6, 6.07) is 2.10. The van der Waals surface area contributed by atoms with Gasteiger partial charge in [0.25, 0.3) is 0 Å². The van der Waals surface area contributed by atoms with E-state index < -0.39 is 5.41 Å². The first-order valence-electron chi connectivity index (χ1n) is 7.92. The van der Waals surface area contributed by atoms with E-state index in [1.165, 1.54) is 20.0 Å². The number of ether oxygens (including phenoxy) is 1. The van der Waals surface area contributed by atoms with E-state index in [0.717, 1.165) is 30.8 Å². The molecule has 0 aliphatic heterocycles. The molecule has 1 saturated carbocycles. The molecule has 5 heteroatoms. The molecule has 2 rings (SSSR count). The molecule has 0 radical (unpaired) electrons. The molecule has 0 saturated heterocycles. The first-order chi connectivity index (χ1) is 10.1. The van der Waals surface area contributed by atoms with Crippen molar-refractivity contribution in [2.24, 2.45) is 17.1 Å². The van der Waals surface area contributed by atoms with Gasteiger partial charge in [0.2, 0.25) is 0 Å². The second kappa shape index (κ2) is 6.60. The Kier molecular flexibility index (Phi) is 5.04.